The fourth-order valence-corrected chi connectivity index (χ4v) is 3.02. The van der Waals surface area contributed by atoms with Crippen molar-refractivity contribution in [3.63, 3.8) is 0 Å². The number of alkyl halides is 3. The molecule has 0 radical (unpaired) electrons. The molecule has 3 aromatic rings. The van der Waals surface area contributed by atoms with Crippen molar-refractivity contribution < 1.29 is 27.8 Å². The molecule has 0 unspecified atom stereocenters. The van der Waals surface area contributed by atoms with Crippen LogP contribution < -0.4 is 4.74 Å². The quantitative estimate of drug-likeness (QED) is 0.497. The number of ketones is 1. The molecule has 156 valence electrons. The Morgan fingerprint density at radius 3 is 1.93 bits per heavy atom. The molecule has 0 heterocycles. The van der Waals surface area contributed by atoms with Crippen molar-refractivity contribution >= 4 is 5.78 Å². The molecule has 3 rings (SSSR count). The number of benzene rings is 3. The van der Waals surface area contributed by atoms with Gasteiger partial charge in [0.2, 0.25) is 0 Å². The predicted octanol–water partition coefficient (Wildman–Crippen LogP) is 6.49. The molecule has 0 spiro atoms. The van der Waals surface area contributed by atoms with Gasteiger partial charge >= 0.3 is 6.36 Å². The monoisotopic (exact) mass is 414 g/mol. The second-order valence-electron chi connectivity index (χ2n) is 7.96. The van der Waals surface area contributed by atoms with E-state index in [1.54, 1.807) is 18.2 Å². The van der Waals surface area contributed by atoms with Crippen LogP contribution in [0.3, 0.4) is 0 Å². The number of hydrogen-bond donors (Lipinski definition) is 1. The first-order valence-corrected chi connectivity index (χ1v) is 9.28. The topological polar surface area (TPSA) is 46.5 Å². The van der Waals surface area contributed by atoms with Gasteiger partial charge in [0.1, 0.15) is 11.5 Å². The molecule has 0 fully saturated rings. The number of carbonyl (C=O) groups is 1. The summed E-state index contributed by atoms with van der Waals surface area (Å²) in [7, 11) is 0. The zero-order chi connectivity index (χ0) is 22.1. The molecule has 30 heavy (non-hydrogen) atoms. The van der Waals surface area contributed by atoms with E-state index in [2.05, 4.69) is 25.5 Å². The molecule has 0 aliphatic rings. The van der Waals surface area contributed by atoms with E-state index in [-0.39, 0.29) is 28.3 Å². The SMILES string of the molecule is CC(C)(C)c1ccc(C(=O)c2cc(-c3ccc(OC(F)(F)F)cc3)ccc2O)cc1. The van der Waals surface area contributed by atoms with Gasteiger partial charge in [-0.15, -0.1) is 13.2 Å². The number of phenols is 1. The van der Waals surface area contributed by atoms with Gasteiger partial charge in [-0.1, -0.05) is 63.2 Å². The second-order valence-corrected chi connectivity index (χ2v) is 7.96. The highest BCUT2D eigenvalue weighted by Gasteiger charge is 2.31. The van der Waals surface area contributed by atoms with E-state index >= 15 is 0 Å². The number of phenolic OH excluding ortho intramolecular Hbond substituents is 1. The molecule has 0 saturated carbocycles. The van der Waals surface area contributed by atoms with E-state index in [0.29, 0.717) is 16.7 Å². The van der Waals surface area contributed by atoms with Crippen LogP contribution in [0.2, 0.25) is 0 Å². The minimum Gasteiger partial charge on any atom is -0.507 e. The van der Waals surface area contributed by atoms with Crippen molar-refractivity contribution in [2.45, 2.75) is 32.5 Å². The lowest BCUT2D eigenvalue weighted by Gasteiger charge is -2.19. The van der Waals surface area contributed by atoms with Gasteiger partial charge in [0.05, 0.1) is 5.56 Å². The Morgan fingerprint density at radius 2 is 1.40 bits per heavy atom. The normalized spacial score (nSPS) is 11.9. The second kappa shape index (κ2) is 7.86. The summed E-state index contributed by atoms with van der Waals surface area (Å²) in [6, 6.07) is 17.0. The summed E-state index contributed by atoms with van der Waals surface area (Å²) in [5.74, 6) is -0.840. The summed E-state index contributed by atoms with van der Waals surface area (Å²) < 4.78 is 40.8. The summed E-state index contributed by atoms with van der Waals surface area (Å²) >= 11 is 0. The largest absolute Gasteiger partial charge is 0.573 e. The maximum atomic E-state index is 12.9. The van der Waals surface area contributed by atoms with Gasteiger partial charge in [0.25, 0.3) is 0 Å². The molecule has 0 aliphatic heterocycles. The Bertz CT molecular complexity index is 1050. The zero-order valence-electron chi connectivity index (χ0n) is 16.7. The maximum Gasteiger partial charge on any atom is 0.573 e. The van der Waals surface area contributed by atoms with Gasteiger partial charge in [-0.3, -0.25) is 4.79 Å². The molecule has 3 aromatic carbocycles. The van der Waals surface area contributed by atoms with Gasteiger partial charge in [-0.05, 0) is 46.4 Å². The lowest BCUT2D eigenvalue weighted by atomic mass is 9.86. The lowest BCUT2D eigenvalue weighted by Crippen LogP contribution is -2.16. The van der Waals surface area contributed by atoms with E-state index in [0.717, 1.165) is 5.56 Å². The van der Waals surface area contributed by atoms with E-state index in [4.69, 9.17) is 0 Å². The van der Waals surface area contributed by atoms with Crippen molar-refractivity contribution in [1.29, 1.82) is 0 Å². The van der Waals surface area contributed by atoms with E-state index in [1.165, 1.54) is 36.4 Å². The van der Waals surface area contributed by atoms with Gasteiger partial charge in [-0.2, -0.15) is 0 Å². The smallest absolute Gasteiger partial charge is 0.507 e. The fourth-order valence-electron chi connectivity index (χ4n) is 3.02. The van der Waals surface area contributed by atoms with Crippen LogP contribution in [0.5, 0.6) is 11.5 Å². The summed E-state index contributed by atoms with van der Waals surface area (Å²) in [4.78, 5) is 12.9. The first-order chi connectivity index (χ1) is 13.9. The molecular weight excluding hydrogens is 393 g/mol. The van der Waals surface area contributed by atoms with E-state index in [1.807, 2.05) is 12.1 Å². The van der Waals surface area contributed by atoms with Gasteiger partial charge < -0.3 is 9.84 Å². The standard InChI is InChI=1S/C24H21F3O3/c1-23(2,3)18-9-4-16(5-10-18)22(29)20-14-17(8-13-21(20)28)15-6-11-19(12-7-15)30-24(25,26)27/h4-14,28H,1-3H3. The van der Waals surface area contributed by atoms with Crippen molar-refractivity contribution in [3.8, 4) is 22.6 Å². The number of hydrogen-bond acceptors (Lipinski definition) is 3. The first-order valence-electron chi connectivity index (χ1n) is 9.28. The van der Waals surface area contributed by atoms with Crippen molar-refractivity contribution in [2.24, 2.45) is 0 Å². The van der Waals surface area contributed by atoms with Crippen LogP contribution in [0.4, 0.5) is 13.2 Å². The van der Waals surface area contributed by atoms with Crippen molar-refractivity contribution in [2.75, 3.05) is 0 Å². The minimum absolute atomic E-state index is 0.0500. The highest BCUT2D eigenvalue weighted by molar-refractivity contribution is 6.11. The minimum atomic E-state index is -4.76. The first kappa shape index (κ1) is 21.4. The van der Waals surface area contributed by atoms with Crippen LogP contribution in [0.25, 0.3) is 11.1 Å². The number of ether oxygens (including phenoxy) is 1. The molecule has 0 saturated heterocycles. The van der Waals surface area contributed by atoms with E-state index < -0.39 is 6.36 Å². The Kier molecular flexibility index (Phi) is 5.61. The Labute approximate surface area is 172 Å². The molecule has 0 amide bonds. The average Bonchev–Trinajstić information content (AvgIpc) is 2.67. The molecule has 0 atom stereocenters. The number of aromatic hydroxyl groups is 1. The maximum absolute atomic E-state index is 12.9. The molecule has 0 aromatic heterocycles. The number of rotatable bonds is 4. The fraction of sp³-hybridized carbons (Fsp3) is 0.208. The third-order valence-electron chi connectivity index (χ3n) is 4.68. The van der Waals surface area contributed by atoms with Crippen LogP contribution in [0, 0.1) is 0 Å². The predicted molar refractivity (Wildman–Crippen MR) is 109 cm³/mol. The summed E-state index contributed by atoms with van der Waals surface area (Å²) in [5, 5.41) is 10.2. The zero-order valence-corrected chi connectivity index (χ0v) is 16.7. The molecule has 1 N–H and O–H groups in total. The lowest BCUT2D eigenvalue weighted by molar-refractivity contribution is -0.274. The van der Waals surface area contributed by atoms with E-state index in [9.17, 15) is 23.1 Å². The van der Waals surface area contributed by atoms with Crippen LogP contribution >= 0.6 is 0 Å². The molecule has 0 bridgehead atoms. The third-order valence-corrected chi connectivity index (χ3v) is 4.68. The highest BCUT2D eigenvalue weighted by atomic mass is 19.4. The Balaban J connectivity index is 1.89. The third kappa shape index (κ3) is 5.00. The van der Waals surface area contributed by atoms with Crippen LogP contribution in [-0.4, -0.2) is 17.3 Å². The van der Waals surface area contributed by atoms with Gasteiger partial charge in [0, 0.05) is 5.56 Å². The van der Waals surface area contributed by atoms with Gasteiger partial charge in [-0.25, -0.2) is 0 Å². The van der Waals surface area contributed by atoms with Crippen molar-refractivity contribution in [3.05, 3.63) is 83.4 Å². The summed E-state index contributed by atoms with van der Waals surface area (Å²) in [5.41, 5.74) is 2.75. The Hall–Kier alpha value is -3.28. The molecule has 0 aliphatic carbocycles. The van der Waals surface area contributed by atoms with Crippen LogP contribution in [0.1, 0.15) is 42.3 Å². The van der Waals surface area contributed by atoms with Gasteiger partial charge in [0.15, 0.2) is 5.78 Å². The van der Waals surface area contributed by atoms with Crippen molar-refractivity contribution in [1.82, 2.24) is 0 Å². The summed E-state index contributed by atoms with van der Waals surface area (Å²) in [6.07, 6.45) is -4.76. The number of halogens is 3. The average molecular weight is 414 g/mol. The summed E-state index contributed by atoms with van der Waals surface area (Å²) in [6.45, 7) is 6.22. The van der Waals surface area contributed by atoms with Crippen LogP contribution in [-0.2, 0) is 5.41 Å². The van der Waals surface area contributed by atoms with Crippen LogP contribution in [0.15, 0.2) is 66.7 Å². The highest BCUT2D eigenvalue weighted by Crippen LogP contribution is 2.31. The Morgan fingerprint density at radius 1 is 0.833 bits per heavy atom. The molecule has 3 nitrogen and oxygen atoms in total. The molecular formula is C24H21F3O3. The number of carbonyl (C=O) groups excluding carboxylic acids is 1. The molecule has 6 heteroatoms.